The molecule has 0 amide bonds. The largest absolute Gasteiger partial charge is 0.381 e. The monoisotopic (exact) mass is 295 g/mol. The zero-order chi connectivity index (χ0) is 14.3. The molecule has 0 bridgehead atoms. The Kier molecular flexibility index (Phi) is 6.34. The summed E-state index contributed by atoms with van der Waals surface area (Å²) in [6.45, 7) is 10.7. The van der Waals surface area contributed by atoms with Crippen LogP contribution in [0.25, 0.3) is 0 Å². The molecule has 3 rings (SSSR count). The number of nitrogens with zero attached hydrogens (tertiary/aromatic N) is 2. The van der Waals surface area contributed by atoms with Crippen LogP contribution in [-0.2, 0) is 4.74 Å². The van der Waals surface area contributed by atoms with Gasteiger partial charge in [-0.25, -0.2) is 0 Å². The second-order valence-corrected chi connectivity index (χ2v) is 7.13. The van der Waals surface area contributed by atoms with Gasteiger partial charge in [0.25, 0.3) is 0 Å². The molecule has 0 aromatic rings. The average molecular weight is 295 g/mol. The summed E-state index contributed by atoms with van der Waals surface area (Å²) in [5.41, 5.74) is 0. The van der Waals surface area contributed by atoms with Gasteiger partial charge in [0.1, 0.15) is 0 Å². The van der Waals surface area contributed by atoms with Gasteiger partial charge in [-0.05, 0) is 51.1 Å². The summed E-state index contributed by atoms with van der Waals surface area (Å²) in [5.74, 6) is 0.773. The van der Waals surface area contributed by atoms with E-state index in [0.717, 1.165) is 25.2 Å². The maximum Gasteiger partial charge on any atom is 0.0506 e. The molecular formula is C17H33N3O. The molecule has 4 nitrogen and oxygen atoms in total. The van der Waals surface area contributed by atoms with E-state index in [9.17, 15) is 0 Å². The number of piperazine rings is 1. The third-order valence-corrected chi connectivity index (χ3v) is 5.44. The average Bonchev–Trinajstić information content (AvgIpc) is 2.55. The molecule has 21 heavy (non-hydrogen) atoms. The number of rotatable bonds is 6. The quantitative estimate of drug-likeness (QED) is 0.753. The van der Waals surface area contributed by atoms with Gasteiger partial charge in [-0.15, -0.1) is 0 Å². The molecule has 1 unspecified atom stereocenters. The maximum absolute atomic E-state index is 5.97. The second kappa shape index (κ2) is 8.47. The van der Waals surface area contributed by atoms with E-state index in [-0.39, 0.29) is 0 Å². The Bertz CT molecular complexity index is 294. The summed E-state index contributed by atoms with van der Waals surface area (Å²) in [6.07, 6.45) is 8.15. The Morgan fingerprint density at radius 2 is 1.95 bits per heavy atom. The molecule has 3 fully saturated rings. The molecule has 2 atom stereocenters. The molecule has 3 saturated heterocycles. The van der Waals surface area contributed by atoms with Crippen molar-refractivity contribution in [2.75, 3.05) is 59.0 Å². The molecule has 3 aliphatic rings. The van der Waals surface area contributed by atoms with Crippen LogP contribution in [0.5, 0.6) is 0 Å². The number of fused-ring (bicyclic) bond motifs is 1. The van der Waals surface area contributed by atoms with Crippen LogP contribution >= 0.6 is 0 Å². The SMILES string of the molecule is C1CCN(CCCOC[C@H]2CCC3CNCCN3C2)CC1. The van der Waals surface area contributed by atoms with Gasteiger partial charge >= 0.3 is 0 Å². The molecule has 0 spiro atoms. The van der Waals surface area contributed by atoms with Crippen molar-refractivity contribution in [3.63, 3.8) is 0 Å². The van der Waals surface area contributed by atoms with Crippen LogP contribution in [-0.4, -0.2) is 74.9 Å². The lowest BCUT2D eigenvalue weighted by molar-refractivity contribution is 0.0266. The fourth-order valence-electron chi connectivity index (χ4n) is 4.14. The molecule has 0 aliphatic carbocycles. The lowest BCUT2D eigenvalue weighted by atomic mass is 9.92. The van der Waals surface area contributed by atoms with Crippen LogP contribution in [0.4, 0.5) is 0 Å². The molecule has 122 valence electrons. The molecule has 0 aromatic carbocycles. The van der Waals surface area contributed by atoms with E-state index in [4.69, 9.17) is 4.74 Å². The molecule has 1 N–H and O–H groups in total. The maximum atomic E-state index is 5.97. The predicted molar refractivity (Wildman–Crippen MR) is 86.7 cm³/mol. The normalized spacial score (nSPS) is 32.0. The fraction of sp³-hybridized carbons (Fsp3) is 1.00. The Morgan fingerprint density at radius 3 is 2.86 bits per heavy atom. The number of hydrogen-bond acceptors (Lipinski definition) is 4. The van der Waals surface area contributed by atoms with Crippen molar-refractivity contribution in [1.29, 1.82) is 0 Å². The van der Waals surface area contributed by atoms with Gasteiger partial charge < -0.3 is 15.0 Å². The lowest BCUT2D eigenvalue weighted by Gasteiger charge is -2.42. The zero-order valence-corrected chi connectivity index (χ0v) is 13.6. The minimum atomic E-state index is 0.773. The minimum absolute atomic E-state index is 0.773. The van der Waals surface area contributed by atoms with E-state index in [1.165, 1.54) is 84.3 Å². The van der Waals surface area contributed by atoms with Crippen LogP contribution in [0.15, 0.2) is 0 Å². The first-order valence-electron chi connectivity index (χ1n) is 9.17. The summed E-state index contributed by atoms with van der Waals surface area (Å²) >= 11 is 0. The van der Waals surface area contributed by atoms with E-state index in [1.54, 1.807) is 0 Å². The minimum Gasteiger partial charge on any atom is -0.381 e. The fourth-order valence-corrected chi connectivity index (χ4v) is 4.14. The number of nitrogens with one attached hydrogen (secondary N) is 1. The third kappa shape index (κ3) is 4.92. The van der Waals surface area contributed by atoms with Gasteiger partial charge in [0.15, 0.2) is 0 Å². The Hall–Kier alpha value is -0.160. The van der Waals surface area contributed by atoms with E-state index in [2.05, 4.69) is 15.1 Å². The second-order valence-electron chi connectivity index (χ2n) is 7.13. The van der Waals surface area contributed by atoms with Gasteiger partial charge in [-0.1, -0.05) is 6.42 Å². The van der Waals surface area contributed by atoms with Gasteiger partial charge in [-0.3, -0.25) is 4.90 Å². The van der Waals surface area contributed by atoms with E-state index in [0.29, 0.717) is 0 Å². The first-order valence-corrected chi connectivity index (χ1v) is 9.17. The Balaban J connectivity index is 1.24. The highest BCUT2D eigenvalue weighted by atomic mass is 16.5. The number of likely N-dealkylation sites (tertiary alicyclic amines) is 1. The number of piperidine rings is 2. The Morgan fingerprint density at radius 1 is 1.05 bits per heavy atom. The summed E-state index contributed by atoms with van der Waals surface area (Å²) in [4.78, 5) is 5.29. The molecule has 3 aliphatic heterocycles. The van der Waals surface area contributed by atoms with Crippen LogP contribution in [0.2, 0.25) is 0 Å². The molecule has 0 aromatic heterocycles. The highest BCUT2D eigenvalue weighted by Gasteiger charge is 2.29. The van der Waals surface area contributed by atoms with Crippen LogP contribution in [0.1, 0.15) is 38.5 Å². The van der Waals surface area contributed by atoms with Gasteiger partial charge in [0.2, 0.25) is 0 Å². The molecule has 0 radical (unpaired) electrons. The smallest absolute Gasteiger partial charge is 0.0506 e. The summed E-state index contributed by atoms with van der Waals surface area (Å²) in [7, 11) is 0. The van der Waals surface area contributed by atoms with Crippen molar-refractivity contribution in [3.05, 3.63) is 0 Å². The van der Waals surface area contributed by atoms with Crippen LogP contribution < -0.4 is 5.32 Å². The Labute approximate surface area is 130 Å². The molecule has 3 heterocycles. The van der Waals surface area contributed by atoms with Crippen molar-refractivity contribution in [2.24, 2.45) is 5.92 Å². The first-order chi connectivity index (χ1) is 10.4. The van der Waals surface area contributed by atoms with Crippen molar-refractivity contribution in [3.8, 4) is 0 Å². The first kappa shape index (κ1) is 15.7. The van der Waals surface area contributed by atoms with E-state index in [1.807, 2.05) is 0 Å². The number of ether oxygens (including phenoxy) is 1. The van der Waals surface area contributed by atoms with E-state index < -0.39 is 0 Å². The van der Waals surface area contributed by atoms with E-state index >= 15 is 0 Å². The van der Waals surface area contributed by atoms with Crippen LogP contribution in [0, 0.1) is 5.92 Å². The standard InChI is InChI=1S/C17H33N3O/c1-2-8-19(9-3-1)10-4-12-21-15-16-5-6-17-13-18-7-11-20(17)14-16/h16-18H,1-15H2/t16-,17?/m0/s1. The summed E-state index contributed by atoms with van der Waals surface area (Å²) in [6, 6.07) is 0.800. The van der Waals surface area contributed by atoms with Crippen molar-refractivity contribution in [2.45, 2.75) is 44.6 Å². The lowest BCUT2D eigenvalue weighted by Crippen LogP contribution is -2.55. The summed E-state index contributed by atoms with van der Waals surface area (Å²) < 4.78 is 5.97. The van der Waals surface area contributed by atoms with Crippen molar-refractivity contribution < 1.29 is 4.74 Å². The molecule has 0 saturated carbocycles. The zero-order valence-electron chi connectivity index (χ0n) is 13.6. The van der Waals surface area contributed by atoms with Crippen molar-refractivity contribution >= 4 is 0 Å². The predicted octanol–water partition coefficient (Wildman–Crippen LogP) is 1.56. The van der Waals surface area contributed by atoms with Gasteiger partial charge in [0, 0.05) is 45.4 Å². The highest BCUT2D eigenvalue weighted by molar-refractivity contribution is 4.86. The van der Waals surface area contributed by atoms with Crippen LogP contribution in [0.3, 0.4) is 0 Å². The highest BCUT2D eigenvalue weighted by Crippen LogP contribution is 2.23. The van der Waals surface area contributed by atoms with Gasteiger partial charge in [-0.2, -0.15) is 0 Å². The third-order valence-electron chi connectivity index (χ3n) is 5.44. The van der Waals surface area contributed by atoms with Crippen molar-refractivity contribution in [1.82, 2.24) is 15.1 Å². The summed E-state index contributed by atoms with van der Waals surface area (Å²) in [5, 5.41) is 3.51. The topological polar surface area (TPSA) is 27.7 Å². The molecular weight excluding hydrogens is 262 g/mol. The molecule has 4 heteroatoms. The number of hydrogen-bond donors (Lipinski definition) is 1. The van der Waals surface area contributed by atoms with Gasteiger partial charge in [0.05, 0.1) is 6.61 Å².